The molecule has 0 spiro atoms. The third-order valence-corrected chi connectivity index (χ3v) is 12.1. The van der Waals surface area contributed by atoms with Crippen molar-refractivity contribution in [2.24, 2.45) is 0 Å². The number of nitrogens with zero attached hydrogens (tertiary/aromatic N) is 3. The Morgan fingerprint density at radius 3 is 2.36 bits per heavy atom. The second-order valence-corrected chi connectivity index (χ2v) is 16.3. The molecule has 196 valence electrons. The summed E-state index contributed by atoms with van der Waals surface area (Å²) in [6.45, 7) is 14.0. The minimum atomic E-state index is -2.03. The Morgan fingerprint density at radius 2 is 1.81 bits per heavy atom. The Kier molecular flexibility index (Phi) is 9.74. The third kappa shape index (κ3) is 7.39. The average Bonchev–Trinajstić information content (AvgIpc) is 2.81. The summed E-state index contributed by atoms with van der Waals surface area (Å²) >= 11 is 12.6. The molecular formula is C27H37Cl2N3O3Si. The maximum absolute atomic E-state index is 13.7. The van der Waals surface area contributed by atoms with Gasteiger partial charge in [-0.05, 0) is 49.9 Å². The lowest BCUT2D eigenvalue weighted by Gasteiger charge is -2.40. The SMILES string of the molecule is CC(CN(C(=O)c1c(Cl)ncnc1Cl)C1=CCC(OCc2ccccc2)CC1)O[Si](C)(C)C(C)(C)C. The average molecular weight is 551 g/mol. The van der Waals surface area contributed by atoms with Crippen LogP contribution >= 0.6 is 23.2 Å². The Labute approximate surface area is 226 Å². The predicted molar refractivity (Wildman–Crippen MR) is 148 cm³/mol. The number of allylic oxidation sites excluding steroid dienone is 1. The van der Waals surface area contributed by atoms with Crippen molar-refractivity contribution in [3.05, 3.63) is 69.9 Å². The molecule has 2 atom stereocenters. The Hall–Kier alpha value is -1.77. The summed E-state index contributed by atoms with van der Waals surface area (Å²) in [5, 5.41) is 0.149. The number of halogens is 2. The van der Waals surface area contributed by atoms with E-state index >= 15 is 0 Å². The predicted octanol–water partition coefficient (Wildman–Crippen LogP) is 7.29. The monoisotopic (exact) mass is 549 g/mol. The fourth-order valence-electron chi connectivity index (χ4n) is 3.94. The van der Waals surface area contributed by atoms with E-state index in [1.807, 2.05) is 25.1 Å². The molecule has 1 heterocycles. The molecule has 0 fully saturated rings. The van der Waals surface area contributed by atoms with Crippen LogP contribution in [0.1, 0.15) is 62.9 Å². The standard InChI is InChI=1S/C27H37Cl2N3O3Si/c1-19(35-36(5,6)27(2,3)4)16-32(26(33)23-24(28)30-18-31-25(23)29)21-12-14-22(15-13-21)34-17-20-10-8-7-9-11-20/h7-12,18-19,22H,13-17H2,1-6H3. The van der Waals surface area contributed by atoms with E-state index < -0.39 is 8.32 Å². The van der Waals surface area contributed by atoms with Crippen molar-refractivity contribution in [1.29, 1.82) is 0 Å². The van der Waals surface area contributed by atoms with Gasteiger partial charge in [0.1, 0.15) is 22.2 Å². The zero-order valence-corrected chi connectivity index (χ0v) is 24.6. The van der Waals surface area contributed by atoms with Gasteiger partial charge in [0.2, 0.25) is 0 Å². The number of benzene rings is 1. The molecule has 0 aliphatic heterocycles. The highest BCUT2D eigenvalue weighted by molar-refractivity contribution is 6.74. The van der Waals surface area contributed by atoms with E-state index in [1.165, 1.54) is 6.33 Å². The lowest BCUT2D eigenvalue weighted by Crippen LogP contribution is -2.47. The molecule has 36 heavy (non-hydrogen) atoms. The van der Waals surface area contributed by atoms with Gasteiger partial charge in [-0.1, -0.05) is 80.4 Å². The van der Waals surface area contributed by atoms with Crippen molar-refractivity contribution in [2.45, 2.75) is 83.9 Å². The molecule has 1 aliphatic rings. The van der Waals surface area contributed by atoms with Gasteiger partial charge in [-0.2, -0.15) is 0 Å². The molecule has 0 N–H and O–H groups in total. The number of carbonyl (C=O) groups excluding carboxylic acids is 1. The molecule has 0 saturated carbocycles. The Morgan fingerprint density at radius 1 is 1.17 bits per heavy atom. The van der Waals surface area contributed by atoms with Gasteiger partial charge >= 0.3 is 0 Å². The van der Waals surface area contributed by atoms with E-state index in [1.54, 1.807) is 4.90 Å². The maximum atomic E-state index is 13.7. The number of rotatable bonds is 9. The van der Waals surface area contributed by atoms with Gasteiger partial charge in [0.15, 0.2) is 8.32 Å². The van der Waals surface area contributed by atoms with Crippen molar-refractivity contribution >= 4 is 37.4 Å². The van der Waals surface area contributed by atoms with Gasteiger partial charge < -0.3 is 14.1 Å². The van der Waals surface area contributed by atoms with Crippen LogP contribution in [0.5, 0.6) is 0 Å². The van der Waals surface area contributed by atoms with E-state index in [4.69, 9.17) is 32.4 Å². The molecule has 3 rings (SSSR count). The smallest absolute Gasteiger partial charge is 0.264 e. The van der Waals surface area contributed by atoms with Crippen LogP contribution in [0.3, 0.4) is 0 Å². The van der Waals surface area contributed by atoms with Crippen LogP contribution < -0.4 is 0 Å². The van der Waals surface area contributed by atoms with Crippen molar-refractivity contribution in [3.63, 3.8) is 0 Å². The number of amides is 1. The number of carbonyl (C=O) groups is 1. The topological polar surface area (TPSA) is 64.6 Å². The second-order valence-electron chi connectivity index (χ2n) is 10.8. The largest absolute Gasteiger partial charge is 0.412 e. The van der Waals surface area contributed by atoms with Crippen LogP contribution in [-0.4, -0.2) is 47.8 Å². The van der Waals surface area contributed by atoms with Crippen LogP contribution in [0.25, 0.3) is 0 Å². The van der Waals surface area contributed by atoms with E-state index in [-0.39, 0.29) is 39.0 Å². The first-order chi connectivity index (χ1) is 16.9. The highest BCUT2D eigenvalue weighted by Crippen LogP contribution is 2.38. The molecule has 1 aromatic heterocycles. The number of hydrogen-bond acceptors (Lipinski definition) is 5. The molecule has 6 nitrogen and oxygen atoms in total. The summed E-state index contributed by atoms with van der Waals surface area (Å²) in [5.74, 6) is -0.314. The van der Waals surface area contributed by atoms with Gasteiger partial charge in [0.25, 0.3) is 5.91 Å². The second kappa shape index (κ2) is 12.2. The zero-order chi connectivity index (χ0) is 26.5. The number of ether oxygens (including phenoxy) is 1. The minimum Gasteiger partial charge on any atom is -0.412 e. The van der Waals surface area contributed by atoms with Gasteiger partial charge in [-0.25, -0.2) is 9.97 Å². The molecule has 2 unspecified atom stereocenters. The first-order valence-electron chi connectivity index (χ1n) is 12.4. The summed E-state index contributed by atoms with van der Waals surface area (Å²) in [6, 6.07) is 10.1. The fourth-order valence-corrected chi connectivity index (χ4v) is 5.85. The summed E-state index contributed by atoms with van der Waals surface area (Å²) < 4.78 is 12.7. The van der Waals surface area contributed by atoms with Gasteiger partial charge in [-0.3, -0.25) is 4.79 Å². The molecular weight excluding hydrogens is 513 g/mol. The Bertz CT molecular complexity index is 1050. The van der Waals surface area contributed by atoms with Crippen LogP contribution in [-0.2, 0) is 15.8 Å². The number of hydrogen-bond donors (Lipinski definition) is 0. The third-order valence-electron chi connectivity index (χ3n) is 6.97. The summed E-state index contributed by atoms with van der Waals surface area (Å²) in [7, 11) is -2.03. The molecule has 0 radical (unpaired) electrons. The quantitative estimate of drug-likeness (QED) is 0.242. The van der Waals surface area contributed by atoms with E-state index in [9.17, 15) is 4.79 Å². The Balaban J connectivity index is 1.79. The summed E-state index contributed by atoms with van der Waals surface area (Å²) in [4.78, 5) is 23.4. The van der Waals surface area contributed by atoms with E-state index in [0.717, 1.165) is 24.1 Å². The van der Waals surface area contributed by atoms with Gasteiger partial charge in [0.05, 0.1) is 25.4 Å². The summed E-state index contributed by atoms with van der Waals surface area (Å²) in [5.41, 5.74) is 2.18. The summed E-state index contributed by atoms with van der Waals surface area (Å²) in [6.07, 6.45) is 5.48. The molecule has 9 heteroatoms. The lowest BCUT2D eigenvalue weighted by molar-refractivity contribution is 0.0303. The fraction of sp³-hybridized carbons (Fsp3) is 0.519. The van der Waals surface area contributed by atoms with Crippen LogP contribution in [0.15, 0.2) is 48.4 Å². The normalized spacial score (nSPS) is 17.4. The molecule has 1 aromatic carbocycles. The van der Waals surface area contributed by atoms with Crippen molar-refractivity contribution in [1.82, 2.24) is 14.9 Å². The van der Waals surface area contributed by atoms with Gasteiger partial charge in [0, 0.05) is 5.70 Å². The van der Waals surface area contributed by atoms with Crippen LogP contribution in [0, 0.1) is 0 Å². The minimum absolute atomic E-state index is 0.0449. The zero-order valence-electron chi connectivity index (χ0n) is 22.1. The molecule has 2 aromatic rings. The van der Waals surface area contributed by atoms with Crippen molar-refractivity contribution < 1.29 is 14.0 Å². The highest BCUT2D eigenvalue weighted by atomic mass is 35.5. The molecule has 1 amide bonds. The maximum Gasteiger partial charge on any atom is 0.264 e. The molecule has 1 aliphatic carbocycles. The van der Waals surface area contributed by atoms with Crippen LogP contribution in [0.2, 0.25) is 28.4 Å². The van der Waals surface area contributed by atoms with Crippen molar-refractivity contribution in [2.75, 3.05) is 6.54 Å². The van der Waals surface area contributed by atoms with Gasteiger partial charge in [-0.15, -0.1) is 0 Å². The highest BCUT2D eigenvalue weighted by Gasteiger charge is 2.39. The number of aromatic nitrogens is 2. The first-order valence-corrected chi connectivity index (χ1v) is 16.1. The van der Waals surface area contributed by atoms with Crippen molar-refractivity contribution in [3.8, 4) is 0 Å². The van der Waals surface area contributed by atoms with E-state index in [0.29, 0.717) is 19.6 Å². The molecule has 0 saturated heterocycles. The lowest BCUT2D eigenvalue weighted by atomic mass is 9.99. The first kappa shape index (κ1) is 28.8. The van der Waals surface area contributed by atoms with E-state index in [2.05, 4.69) is 62.0 Å². The molecule has 0 bridgehead atoms. The van der Waals surface area contributed by atoms with Crippen LogP contribution in [0.4, 0.5) is 0 Å².